The molecule has 2 aromatic heterocycles. The predicted octanol–water partition coefficient (Wildman–Crippen LogP) is 25.1. The molecule has 12 aromatic rings. The smallest absolute Gasteiger partial charge is 0.309 e. The van der Waals surface area contributed by atoms with Crippen LogP contribution in [-0.4, -0.2) is 9.13 Å². The number of hydrogen-bond donors (Lipinski definition) is 0. The van der Waals surface area contributed by atoms with E-state index in [1.807, 2.05) is 6.07 Å². The van der Waals surface area contributed by atoms with Gasteiger partial charge in [-0.05, 0) is 196 Å². The van der Waals surface area contributed by atoms with Crippen LogP contribution in [-0.2, 0) is 55.6 Å². The number of aromatic nitrogens is 2. The van der Waals surface area contributed by atoms with E-state index in [9.17, 15) is 116 Å². The summed E-state index contributed by atoms with van der Waals surface area (Å²) in [6.07, 6.45) is -49.1. The van der Waals surface area contributed by atoms with Gasteiger partial charge in [0.15, 0.2) is 0 Å². The van der Waals surface area contributed by atoms with Gasteiger partial charge in [-0.3, -0.25) is 0 Å². The molecule has 0 bridgehead atoms. The largest absolute Gasteiger partial charge is 0.417 e. The molecule has 0 saturated carbocycles. The standard InChI is InChI=1S/C71H29F27N4/c72-63(73,74)42-12-37(13-43(25-42)64(75,76)77)33-2-7-57-51(20-33)52-21-34(38-14-44(65(78,79)80)26-45(15-38)66(81,82)83)3-8-58(52)101(57)61-29-55(50-6-1-32(30-99)11-56(50)71(96,97)98)62(24-41(61)31-100)102-59-9-4-35(39-16-46(67(84,85)86)27-47(17-39)68(87,88)89)22-53(59)54-23-36(5-10-60(54)102)40-18-48(69(90,91)92)28-49(19-40)70(93,94)95/h1-29H. The molecule has 0 unspecified atom stereocenters. The van der Waals surface area contributed by atoms with Gasteiger partial charge in [0.05, 0.1) is 101 Å². The fourth-order valence-corrected chi connectivity index (χ4v) is 12.1. The summed E-state index contributed by atoms with van der Waals surface area (Å²) in [5, 5.41) is 19.9. The third-order valence-electron chi connectivity index (χ3n) is 16.7. The minimum absolute atomic E-state index is 0.214. The highest BCUT2D eigenvalue weighted by molar-refractivity contribution is 6.14. The second-order valence-electron chi connectivity index (χ2n) is 23.1. The van der Waals surface area contributed by atoms with Crippen LogP contribution in [0, 0.1) is 22.7 Å². The topological polar surface area (TPSA) is 57.4 Å². The number of nitrogens with zero attached hydrogens (tertiary/aromatic N) is 4. The second-order valence-corrected chi connectivity index (χ2v) is 23.1. The van der Waals surface area contributed by atoms with Gasteiger partial charge in [0.1, 0.15) is 6.07 Å². The monoisotopic (exact) mass is 1450 g/mol. The first-order valence-corrected chi connectivity index (χ1v) is 28.7. The van der Waals surface area contributed by atoms with Crippen LogP contribution in [0.2, 0.25) is 0 Å². The first-order valence-electron chi connectivity index (χ1n) is 28.7. The van der Waals surface area contributed by atoms with Crippen molar-refractivity contribution < 1.29 is 119 Å². The third kappa shape index (κ3) is 13.2. The Bertz CT molecular complexity index is 5140. The zero-order valence-electron chi connectivity index (χ0n) is 49.7. The van der Waals surface area contributed by atoms with Crippen molar-refractivity contribution >= 4 is 43.6 Å². The van der Waals surface area contributed by atoms with Crippen LogP contribution in [0.4, 0.5) is 119 Å². The lowest BCUT2D eigenvalue weighted by Crippen LogP contribution is -2.11. The summed E-state index contributed by atoms with van der Waals surface area (Å²) in [5.74, 6) is 0. The van der Waals surface area contributed by atoms with Crippen molar-refractivity contribution in [3.63, 3.8) is 0 Å². The maximum Gasteiger partial charge on any atom is 0.417 e. The van der Waals surface area contributed by atoms with E-state index in [0.29, 0.717) is 54.6 Å². The van der Waals surface area contributed by atoms with Crippen molar-refractivity contribution in [3.8, 4) is 79.1 Å². The van der Waals surface area contributed by atoms with E-state index in [0.717, 1.165) is 106 Å². The Labute approximate surface area is 552 Å². The Morgan fingerprint density at radius 3 is 0.725 bits per heavy atom. The fourth-order valence-electron chi connectivity index (χ4n) is 12.1. The molecule has 12 rings (SSSR count). The SMILES string of the molecule is N#Cc1ccc(-c2cc(-n3c4ccc(-c5cc(C(F)(F)F)cc(C(F)(F)F)c5)cc4c4cc(-c5cc(C(F)(F)F)cc(C(F)(F)F)c5)ccc43)c(C#N)cc2-n2c3ccc(-c4cc(C(F)(F)F)cc(C(F)(F)F)c4)cc3c3cc(-c4cc(C(F)(F)F)cc(C(F)(F)F)c4)ccc32)c(C(F)(F)F)c1. The highest BCUT2D eigenvalue weighted by Gasteiger charge is 2.43. The Hall–Kier alpha value is -11.1. The molecular weight excluding hydrogens is 1420 g/mol. The summed E-state index contributed by atoms with van der Waals surface area (Å²) < 4.78 is 394. The van der Waals surface area contributed by atoms with Gasteiger partial charge >= 0.3 is 55.6 Å². The molecule has 10 aromatic carbocycles. The van der Waals surface area contributed by atoms with Gasteiger partial charge in [-0.1, -0.05) is 30.3 Å². The molecule has 2 heterocycles. The molecule has 0 N–H and O–H groups in total. The maximum atomic E-state index is 15.8. The Morgan fingerprint density at radius 1 is 0.225 bits per heavy atom. The summed E-state index contributed by atoms with van der Waals surface area (Å²) in [7, 11) is 0. The average molecular weight is 1450 g/mol. The summed E-state index contributed by atoms with van der Waals surface area (Å²) in [5.41, 5.74) is -26.8. The van der Waals surface area contributed by atoms with Crippen LogP contribution in [0.5, 0.6) is 0 Å². The number of fused-ring (bicyclic) bond motifs is 6. The molecule has 102 heavy (non-hydrogen) atoms. The van der Waals surface area contributed by atoms with Gasteiger partial charge in [-0.15, -0.1) is 0 Å². The molecule has 0 fully saturated rings. The van der Waals surface area contributed by atoms with Gasteiger partial charge < -0.3 is 9.13 Å². The highest BCUT2D eigenvalue weighted by atomic mass is 19.4. The minimum atomic E-state index is -5.50. The molecule has 0 radical (unpaired) electrons. The zero-order valence-corrected chi connectivity index (χ0v) is 49.7. The number of rotatable bonds is 7. The first kappa shape index (κ1) is 70.7. The van der Waals surface area contributed by atoms with Crippen molar-refractivity contribution in [3.05, 3.63) is 237 Å². The lowest BCUT2D eigenvalue weighted by molar-refractivity contribution is -0.144. The maximum absolute atomic E-state index is 15.8. The van der Waals surface area contributed by atoms with Crippen molar-refractivity contribution in [1.82, 2.24) is 9.13 Å². The lowest BCUT2D eigenvalue weighted by atomic mass is 9.93. The van der Waals surface area contributed by atoms with E-state index in [1.165, 1.54) is 6.07 Å². The Kier molecular flexibility index (Phi) is 16.5. The molecule has 0 aliphatic carbocycles. The summed E-state index contributed by atoms with van der Waals surface area (Å²) >= 11 is 0. The van der Waals surface area contributed by atoms with Gasteiger partial charge in [-0.2, -0.15) is 129 Å². The van der Waals surface area contributed by atoms with Crippen molar-refractivity contribution in [2.24, 2.45) is 0 Å². The number of nitriles is 2. The van der Waals surface area contributed by atoms with Gasteiger partial charge in [0.2, 0.25) is 0 Å². The number of alkyl halides is 27. The molecule has 0 aliphatic rings. The quantitative estimate of drug-likeness (QED) is 0.149. The Morgan fingerprint density at radius 2 is 0.490 bits per heavy atom. The van der Waals surface area contributed by atoms with E-state index in [1.54, 1.807) is 0 Å². The number of halogens is 27. The van der Waals surface area contributed by atoms with E-state index in [4.69, 9.17) is 0 Å². The van der Waals surface area contributed by atoms with Gasteiger partial charge in [-0.25, -0.2) is 0 Å². The molecule has 0 amide bonds. The number of benzene rings is 10. The Balaban J connectivity index is 1.21. The van der Waals surface area contributed by atoms with Gasteiger partial charge in [0, 0.05) is 27.1 Å². The van der Waals surface area contributed by atoms with Crippen molar-refractivity contribution in [2.45, 2.75) is 55.6 Å². The normalized spacial score (nSPS) is 13.2. The first-order chi connectivity index (χ1) is 47.1. The zero-order chi connectivity index (χ0) is 74.5. The molecule has 31 heteroatoms. The third-order valence-corrected chi connectivity index (χ3v) is 16.7. The van der Waals surface area contributed by atoms with Crippen molar-refractivity contribution in [1.29, 1.82) is 10.5 Å². The van der Waals surface area contributed by atoms with Gasteiger partial charge in [0.25, 0.3) is 0 Å². The summed E-state index contributed by atoms with van der Waals surface area (Å²) in [6, 6.07) is 20.1. The second kappa shape index (κ2) is 23.8. The van der Waals surface area contributed by atoms with Crippen LogP contribution in [0.25, 0.3) is 111 Å². The predicted molar refractivity (Wildman–Crippen MR) is 317 cm³/mol. The average Bonchev–Trinajstić information content (AvgIpc) is 1.55. The minimum Gasteiger partial charge on any atom is -0.309 e. The highest BCUT2D eigenvalue weighted by Crippen LogP contribution is 2.50. The van der Waals surface area contributed by atoms with E-state index < -0.39 is 184 Å². The van der Waals surface area contributed by atoms with Crippen LogP contribution in [0.3, 0.4) is 0 Å². The fraction of sp³-hybridized carbons (Fsp3) is 0.127. The van der Waals surface area contributed by atoms with E-state index in [2.05, 4.69) is 0 Å². The molecular formula is C71H29F27N4. The molecule has 0 saturated heterocycles. The van der Waals surface area contributed by atoms with E-state index in [-0.39, 0.29) is 67.9 Å². The van der Waals surface area contributed by atoms with Crippen LogP contribution in [0.1, 0.15) is 61.2 Å². The molecule has 0 aliphatic heterocycles. The summed E-state index contributed by atoms with van der Waals surface area (Å²) in [4.78, 5) is 0. The van der Waals surface area contributed by atoms with Crippen LogP contribution < -0.4 is 0 Å². The van der Waals surface area contributed by atoms with Crippen molar-refractivity contribution in [2.75, 3.05) is 0 Å². The molecule has 0 atom stereocenters. The lowest BCUT2D eigenvalue weighted by Gasteiger charge is -2.21. The molecule has 0 spiro atoms. The summed E-state index contributed by atoms with van der Waals surface area (Å²) in [6.45, 7) is 0. The number of hydrogen-bond acceptors (Lipinski definition) is 2. The van der Waals surface area contributed by atoms with E-state index >= 15 is 13.2 Å². The molecule has 522 valence electrons. The molecule has 4 nitrogen and oxygen atoms in total. The van der Waals surface area contributed by atoms with Crippen LogP contribution >= 0.6 is 0 Å². The van der Waals surface area contributed by atoms with Crippen LogP contribution in [0.15, 0.2) is 176 Å².